The molecule has 0 saturated carbocycles. The van der Waals surface area contributed by atoms with Crippen LogP contribution in [-0.2, 0) is 28.5 Å². The third kappa shape index (κ3) is 15.9. The highest BCUT2D eigenvalue weighted by atomic mass is 32.2. The lowest BCUT2D eigenvalue weighted by molar-refractivity contribution is -0.0815. The summed E-state index contributed by atoms with van der Waals surface area (Å²) >= 11 is 0. The number of nitrogens with zero attached hydrogens (tertiary/aromatic N) is 1. The van der Waals surface area contributed by atoms with Crippen molar-refractivity contribution in [2.45, 2.75) is 123 Å². The zero-order chi connectivity index (χ0) is 29.7. The van der Waals surface area contributed by atoms with E-state index in [0.717, 1.165) is 43.3 Å². The lowest BCUT2D eigenvalue weighted by atomic mass is 10.0. The average Bonchev–Trinajstić information content (AvgIpc) is 2.78. The summed E-state index contributed by atoms with van der Waals surface area (Å²) in [7, 11) is -3.77. The van der Waals surface area contributed by atoms with Gasteiger partial charge in [0, 0.05) is 11.6 Å². The van der Waals surface area contributed by atoms with Crippen LogP contribution in [0.1, 0.15) is 112 Å². The summed E-state index contributed by atoms with van der Waals surface area (Å²) in [5.41, 5.74) is -1.02. The van der Waals surface area contributed by atoms with Crippen molar-refractivity contribution in [2.24, 2.45) is 0 Å². The summed E-state index contributed by atoms with van der Waals surface area (Å²) in [6, 6.07) is 8.32. The molecule has 224 valence electrons. The van der Waals surface area contributed by atoms with Gasteiger partial charge in [0.15, 0.2) is 0 Å². The highest BCUT2D eigenvalue weighted by molar-refractivity contribution is 7.86. The molecule has 0 saturated heterocycles. The second-order valence-corrected chi connectivity index (χ2v) is 13.3. The lowest BCUT2D eigenvalue weighted by Crippen LogP contribution is -2.49. The molecule has 2 amide bonds. The van der Waals surface area contributed by atoms with Gasteiger partial charge in [0.05, 0.1) is 12.9 Å². The maximum atomic E-state index is 13.2. The first-order valence-corrected chi connectivity index (χ1v) is 15.6. The van der Waals surface area contributed by atoms with Crippen LogP contribution in [0.5, 0.6) is 0 Å². The first-order valence-electron chi connectivity index (χ1n) is 13.8. The topological polar surface area (TPSA) is 108 Å². The highest BCUT2D eigenvalue weighted by Crippen LogP contribution is 2.25. The standard InChI is InChI=1S/C29H49NO8S/c1-9-10-11-12-16-20-24(30(26(31)36-28(2,3)4)27(32)37-29(5,6)7)21-17-22-35-25(38-39(8,33)34)23-18-14-13-15-19-23/h13-15,18-19,24-25H,9-12,16-17,20-22H2,1-8H3. The smallest absolute Gasteiger partial charge is 0.420 e. The maximum Gasteiger partial charge on any atom is 0.420 e. The number of ether oxygens (including phenoxy) is 3. The van der Waals surface area contributed by atoms with E-state index in [1.165, 1.54) is 0 Å². The third-order valence-corrected chi connectivity index (χ3v) is 6.00. The van der Waals surface area contributed by atoms with E-state index in [0.29, 0.717) is 24.8 Å². The van der Waals surface area contributed by atoms with Gasteiger partial charge in [-0.2, -0.15) is 8.42 Å². The highest BCUT2D eigenvalue weighted by Gasteiger charge is 2.36. The fourth-order valence-corrected chi connectivity index (χ4v) is 4.32. The molecule has 0 spiro atoms. The third-order valence-electron chi connectivity index (χ3n) is 5.47. The summed E-state index contributed by atoms with van der Waals surface area (Å²) in [5.74, 6) is 0. The van der Waals surface area contributed by atoms with E-state index in [1.807, 2.05) is 6.07 Å². The predicted octanol–water partition coefficient (Wildman–Crippen LogP) is 7.36. The Morgan fingerprint density at radius 1 is 0.821 bits per heavy atom. The zero-order valence-corrected chi connectivity index (χ0v) is 25.8. The minimum absolute atomic E-state index is 0.151. The summed E-state index contributed by atoms with van der Waals surface area (Å²) < 4.78 is 45.8. The Hall–Kier alpha value is -2.17. The molecule has 0 aliphatic heterocycles. The van der Waals surface area contributed by atoms with Gasteiger partial charge in [-0.1, -0.05) is 69.4 Å². The van der Waals surface area contributed by atoms with Crippen molar-refractivity contribution in [3.05, 3.63) is 35.9 Å². The van der Waals surface area contributed by atoms with Crippen LogP contribution in [0.25, 0.3) is 0 Å². The number of unbranched alkanes of at least 4 members (excludes halogenated alkanes) is 4. The largest absolute Gasteiger partial charge is 0.443 e. The Morgan fingerprint density at radius 3 is 1.82 bits per heavy atom. The van der Waals surface area contributed by atoms with Crippen molar-refractivity contribution in [1.29, 1.82) is 0 Å². The quantitative estimate of drug-likeness (QED) is 0.122. The summed E-state index contributed by atoms with van der Waals surface area (Å²) in [6.45, 7) is 12.8. The van der Waals surface area contributed by atoms with Gasteiger partial charge >= 0.3 is 12.2 Å². The molecule has 0 fully saturated rings. The molecule has 1 aromatic carbocycles. The van der Waals surface area contributed by atoms with Crippen molar-refractivity contribution in [1.82, 2.24) is 4.90 Å². The molecule has 0 aliphatic carbocycles. The molecule has 1 rings (SSSR count). The minimum atomic E-state index is -3.77. The van der Waals surface area contributed by atoms with Crippen molar-refractivity contribution in [2.75, 3.05) is 12.9 Å². The molecule has 2 unspecified atom stereocenters. The van der Waals surface area contributed by atoms with Crippen LogP contribution < -0.4 is 0 Å². The lowest BCUT2D eigenvalue weighted by Gasteiger charge is -2.33. The molecule has 9 nitrogen and oxygen atoms in total. The number of benzene rings is 1. The molecule has 0 aromatic heterocycles. The number of hydrogen-bond acceptors (Lipinski definition) is 8. The number of amides is 2. The van der Waals surface area contributed by atoms with Gasteiger partial charge in [-0.15, -0.1) is 0 Å². The van der Waals surface area contributed by atoms with E-state index >= 15 is 0 Å². The second-order valence-electron chi connectivity index (χ2n) is 11.7. The predicted molar refractivity (Wildman–Crippen MR) is 152 cm³/mol. The Bertz CT molecular complexity index is 939. The number of imide groups is 1. The van der Waals surface area contributed by atoms with E-state index in [9.17, 15) is 18.0 Å². The molecule has 1 aromatic rings. The summed E-state index contributed by atoms with van der Waals surface area (Å²) in [6.07, 6.45) is 4.96. The van der Waals surface area contributed by atoms with Crippen molar-refractivity contribution in [3.8, 4) is 0 Å². The van der Waals surface area contributed by atoms with Crippen LogP contribution in [0.15, 0.2) is 30.3 Å². The summed E-state index contributed by atoms with van der Waals surface area (Å²) in [4.78, 5) is 27.6. The number of carbonyl (C=O) groups excluding carboxylic acids is 2. The molecule has 0 bridgehead atoms. The van der Waals surface area contributed by atoms with Crippen LogP contribution in [0.3, 0.4) is 0 Å². The zero-order valence-electron chi connectivity index (χ0n) is 25.0. The van der Waals surface area contributed by atoms with Gasteiger partial charge in [-0.3, -0.25) is 0 Å². The van der Waals surface area contributed by atoms with Crippen molar-refractivity contribution < 1.29 is 36.4 Å². The van der Waals surface area contributed by atoms with Crippen LogP contribution in [-0.4, -0.2) is 55.6 Å². The van der Waals surface area contributed by atoms with Crippen LogP contribution in [0.4, 0.5) is 9.59 Å². The SMILES string of the molecule is CCCCCCCC(CCCOC(OS(C)(=O)=O)c1ccccc1)N(C(=O)OC(C)(C)C)C(=O)OC(C)(C)C. The van der Waals surface area contributed by atoms with Gasteiger partial charge in [-0.05, 0) is 60.8 Å². The summed E-state index contributed by atoms with van der Waals surface area (Å²) in [5, 5.41) is 0. The van der Waals surface area contributed by atoms with Crippen LogP contribution >= 0.6 is 0 Å². The average molecular weight is 572 g/mol. The monoisotopic (exact) mass is 571 g/mol. The molecule has 0 radical (unpaired) electrons. The Balaban J connectivity index is 3.07. The van der Waals surface area contributed by atoms with E-state index in [1.54, 1.807) is 65.8 Å². The number of hydrogen-bond donors (Lipinski definition) is 0. The molecule has 39 heavy (non-hydrogen) atoms. The molecular weight excluding hydrogens is 522 g/mol. The molecule has 0 heterocycles. The van der Waals surface area contributed by atoms with E-state index in [2.05, 4.69) is 6.92 Å². The first-order chi connectivity index (χ1) is 18.0. The first kappa shape index (κ1) is 34.9. The van der Waals surface area contributed by atoms with E-state index in [4.69, 9.17) is 18.4 Å². The molecular formula is C29H49NO8S. The van der Waals surface area contributed by atoms with Crippen LogP contribution in [0.2, 0.25) is 0 Å². The van der Waals surface area contributed by atoms with Gasteiger partial charge in [0.25, 0.3) is 10.1 Å². The van der Waals surface area contributed by atoms with Crippen LogP contribution in [0, 0.1) is 0 Å². The number of carbonyl (C=O) groups is 2. The fraction of sp³-hybridized carbons (Fsp3) is 0.724. The van der Waals surface area contributed by atoms with Gasteiger partial charge in [0.1, 0.15) is 11.2 Å². The van der Waals surface area contributed by atoms with Crippen molar-refractivity contribution >= 4 is 22.3 Å². The van der Waals surface area contributed by atoms with Gasteiger partial charge in [0.2, 0.25) is 6.29 Å². The molecule has 0 N–H and O–H groups in total. The Kier molecular flexibility index (Phi) is 14.5. The minimum Gasteiger partial charge on any atom is -0.443 e. The van der Waals surface area contributed by atoms with Gasteiger partial charge < -0.3 is 14.2 Å². The fourth-order valence-electron chi connectivity index (χ4n) is 3.84. The maximum absolute atomic E-state index is 13.2. The number of rotatable bonds is 15. The van der Waals surface area contributed by atoms with E-state index in [-0.39, 0.29) is 6.61 Å². The molecule has 0 aliphatic rings. The Labute approximate surface area is 235 Å². The normalized spacial score (nSPS) is 13.9. The van der Waals surface area contributed by atoms with Crippen molar-refractivity contribution in [3.63, 3.8) is 0 Å². The Morgan fingerprint density at radius 2 is 1.33 bits per heavy atom. The van der Waals surface area contributed by atoms with Gasteiger partial charge in [-0.25, -0.2) is 18.7 Å². The second kappa shape index (κ2) is 16.2. The molecule has 2 atom stereocenters. The molecule has 10 heteroatoms. The van der Waals surface area contributed by atoms with E-state index < -0.39 is 45.8 Å².